The molecule has 0 rings (SSSR count). The van der Waals surface area contributed by atoms with Crippen molar-refractivity contribution < 1.29 is 51.1 Å². The Morgan fingerprint density at radius 3 is 0.400 bits per heavy atom. The van der Waals surface area contributed by atoms with Gasteiger partial charge in [0.05, 0.1) is 19.3 Å². The minimum atomic E-state index is -0.402. The van der Waals surface area contributed by atoms with Crippen molar-refractivity contribution in [2.75, 3.05) is 0 Å². The fourth-order valence-corrected chi connectivity index (χ4v) is 2.03. The maximum absolute atomic E-state index is 11.5. The van der Waals surface area contributed by atoms with Gasteiger partial charge in [0.2, 0.25) is 0 Å². The zero-order valence-electron chi connectivity index (χ0n) is 29.0. The van der Waals surface area contributed by atoms with Crippen LogP contribution in [0.15, 0.2) is 0 Å². The summed E-state index contributed by atoms with van der Waals surface area (Å²) < 4.78 is 0. The van der Waals surface area contributed by atoms with Crippen LogP contribution in [0.2, 0.25) is 0 Å². The van der Waals surface area contributed by atoms with Gasteiger partial charge in [-0.2, -0.15) is 0 Å². The van der Waals surface area contributed by atoms with Crippen molar-refractivity contribution in [3.8, 4) is 0 Å². The number of hydrogen-bond donors (Lipinski definition) is 0. The fraction of sp³-hybridized carbons (Fsp3) is 0.818. The van der Waals surface area contributed by atoms with E-state index in [4.69, 9.17) is 0 Å². The van der Waals surface area contributed by atoms with E-state index in [2.05, 4.69) is 0 Å². The maximum atomic E-state index is 11.5. The molecule has 0 aliphatic rings. The summed E-state index contributed by atoms with van der Waals surface area (Å²) in [5.41, 5.74) is -2.41. The van der Waals surface area contributed by atoms with Crippen LogP contribution in [0.4, 0.5) is 0 Å². The van der Waals surface area contributed by atoms with Gasteiger partial charge in [0.1, 0.15) is 34.7 Å². The third-order valence-electron chi connectivity index (χ3n) is 5.98. The Kier molecular flexibility index (Phi) is 18.8. The molecule has 0 unspecified atom stereocenters. The Bertz CT molecular complexity index is 693. The van der Waals surface area contributed by atoms with E-state index in [9.17, 15) is 28.8 Å². The molecular weight excluding hydrogens is 585 g/mol. The standard InChI is InChI=1S/3C11H20O2.Nb/c3*1-10(2,3)8(12)7-9(13)11(4,5)6;/h3*7H2,1-6H3;. The van der Waals surface area contributed by atoms with Gasteiger partial charge in [-0.1, -0.05) is 125 Å². The van der Waals surface area contributed by atoms with Crippen LogP contribution >= 0.6 is 0 Å². The Labute approximate surface area is 261 Å². The van der Waals surface area contributed by atoms with E-state index in [0.29, 0.717) is 0 Å². The third-order valence-corrected chi connectivity index (χ3v) is 5.98. The largest absolute Gasteiger partial charge is 0.299 e. The number of carbonyl (C=O) groups excluding carboxylic acids is 6. The van der Waals surface area contributed by atoms with E-state index >= 15 is 0 Å². The average molecular weight is 646 g/mol. The van der Waals surface area contributed by atoms with Gasteiger partial charge in [-0.3, -0.25) is 28.8 Å². The minimum Gasteiger partial charge on any atom is -0.299 e. The number of rotatable bonds is 6. The van der Waals surface area contributed by atoms with Gasteiger partial charge in [0, 0.05) is 54.9 Å². The summed E-state index contributed by atoms with van der Waals surface area (Å²) >= 11 is 0. The number of hydrogen-bond acceptors (Lipinski definition) is 6. The quantitative estimate of drug-likeness (QED) is 0.216. The van der Waals surface area contributed by atoms with Crippen molar-refractivity contribution in [1.29, 1.82) is 0 Å². The van der Waals surface area contributed by atoms with Gasteiger partial charge >= 0.3 is 0 Å². The van der Waals surface area contributed by atoms with Crippen molar-refractivity contribution in [3.63, 3.8) is 0 Å². The molecule has 6 nitrogen and oxygen atoms in total. The summed E-state index contributed by atoms with van der Waals surface area (Å²) in [5, 5.41) is 0. The van der Waals surface area contributed by atoms with Crippen LogP contribution in [-0.2, 0) is 51.1 Å². The van der Waals surface area contributed by atoms with E-state index in [-0.39, 0.29) is 76.3 Å². The molecule has 40 heavy (non-hydrogen) atoms. The van der Waals surface area contributed by atoms with Crippen molar-refractivity contribution in [1.82, 2.24) is 0 Å². The Morgan fingerprint density at radius 2 is 0.350 bits per heavy atom. The number of ketones is 6. The molecule has 0 aromatic carbocycles. The molecule has 0 bridgehead atoms. The van der Waals surface area contributed by atoms with Gasteiger partial charge < -0.3 is 0 Å². The monoisotopic (exact) mass is 645 g/mol. The molecule has 0 aromatic heterocycles. The molecule has 0 fully saturated rings. The first kappa shape index (κ1) is 45.7. The average Bonchev–Trinajstić information content (AvgIpc) is 2.64. The second-order valence-corrected chi connectivity index (χ2v) is 16.6. The molecule has 0 heterocycles. The van der Waals surface area contributed by atoms with Crippen LogP contribution in [0.5, 0.6) is 0 Å². The predicted octanol–water partition coefficient (Wildman–Crippen LogP) is 7.82. The molecule has 0 spiro atoms. The zero-order valence-corrected chi connectivity index (χ0v) is 31.2. The first-order chi connectivity index (χ1) is 16.6. The summed E-state index contributed by atoms with van der Waals surface area (Å²) in [7, 11) is 0. The van der Waals surface area contributed by atoms with Crippen molar-refractivity contribution in [2.45, 2.75) is 144 Å². The second-order valence-electron chi connectivity index (χ2n) is 16.6. The molecule has 0 saturated heterocycles. The molecule has 0 amide bonds. The summed E-state index contributed by atoms with van der Waals surface area (Å²) in [6, 6.07) is 0. The molecule has 233 valence electrons. The predicted molar refractivity (Wildman–Crippen MR) is 161 cm³/mol. The van der Waals surface area contributed by atoms with E-state index in [1.165, 1.54) is 0 Å². The molecule has 0 N–H and O–H groups in total. The van der Waals surface area contributed by atoms with Crippen LogP contribution in [0.3, 0.4) is 0 Å². The number of Topliss-reactive ketones (excluding diaryl/α,β-unsaturated/α-hetero) is 6. The Hall–Kier alpha value is -1.24. The summed E-state index contributed by atoms with van der Waals surface area (Å²) in [5.74, 6) is 0.125. The number of carbonyl (C=O) groups is 6. The van der Waals surface area contributed by atoms with Crippen molar-refractivity contribution >= 4 is 34.7 Å². The van der Waals surface area contributed by atoms with E-state index < -0.39 is 32.5 Å². The van der Waals surface area contributed by atoms with Crippen LogP contribution < -0.4 is 0 Å². The van der Waals surface area contributed by atoms with Crippen LogP contribution in [0.25, 0.3) is 0 Å². The minimum absolute atomic E-state index is 0. The Balaban J connectivity index is -0.000000240. The first-order valence-electron chi connectivity index (χ1n) is 13.8. The van der Waals surface area contributed by atoms with E-state index in [1.54, 1.807) is 0 Å². The third kappa shape index (κ3) is 21.5. The molecule has 0 saturated carbocycles. The van der Waals surface area contributed by atoms with Crippen molar-refractivity contribution in [3.05, 3.63) is 0 Å². The summed E-state index contributed by atoms with van der Waals surface area (Å²) in [6.07, 6.45) is 0.187. The second kappa shape index (κ2) is 16.4. The molecule has 7 heteroatoms. The van der Waals surface area contributed by atoms with Gasteiger partial charge in [-0.15, -0.1) is 0 Å². The molecule has 0 aliphatic heterocycles. The molecular formula is C33H60NbO6. The first-order valence-corrected chi connectivity index (χ1v) is 13.8. The normalized spacial score (nSPS) is 12.4. The molecule has 1 radical (unpaired) electrons. The summed E-state index contributed by atoms with van der Waals surface area (Å²) in [6.45, 7) is 33.1. The maximum Gasteiger partial charge on any atom is 0.145 e. The van der Waals surface area contributed by atoms with E-state index in [1.807, 2.05) is 125 Å². The molecule has 0 atom stereocenters. The van der Waals surface area contributed by atoms with E-state index in [0.717, 1.165) is 0 Å². The zero-order chi connectivity index (χ0) is 32.6. The summed E-state index contributed by atoms with van der Waals surface area (Å²) in [4.78, 5) is 69.0. The van der Waals surface area contributed by atoms with Gasteiger partial charge in [-0.05, 0) is 0 Å². The molecule has 0 aromatic rings. The SMILES string of the molecule is CC(C)(C)C(=O)CC(=O)C(C)(C)C.CC(C)(C)C(=O)CC(=O)C(C)(C)C.CC(C)(C)C(=O)CC(=O)C(C)(C)C.[Nb]. The van der Waals surface area contributed by atoms with Crippen LogP contribution in [0, 0.1) is 32.5 Å². The smallest absolute Gasteiger partial charge is 0.145 e. The van der Waals surface area contributed by atoms with Gasteiger partial charge in [-0.25, -0.2) is 0 Å². The van der Waals surface area contributed by atoms with Crippen LogP contribution in [-0.4, -0.2) is 34.7 Å². The van der Waals surface area contributed by atoms with Crippen molar-refractivity contribution in [2.24, 2.45) is 32.5 Å². The topological polar surface area (TPSA) is 102 Å². The Morgan fingerprint density at radius 1 is 0.275 bits per heavy atom. The molecule has 0 aliphatic carbocycles. The fourth-order valence-electron chi connectivity index (χ4n) is 2.03. The van der Waals surface area contributed by atoms with Crippen LogP contribution in [0.1, 0.15) is 144 Å². The van der Waals surface area contributed by atoms with Gasteiger partial charge in [0.25, 0.3) is 0 Å². The van der Waals surface area contributed by atoms with Gasteiger partial charge in [0.15, 0.2) is 0 Å².